The van der Waals surface area contributed by atoms with Gasteiger partial charge in [0.2, 0.25) is 17.7 Å². The molecule has 5 N–H and O–H groups in total. The van der Waals surface area contributed by atoms with Crippen molar-refractivity contribution in [3.8, 4) is 0 Å². The Morgan fingerprint density at radius 3 is 2.16 bits per heavy atom. The number of carbonyl (C=O) groups is 5. The number of nitrogens with one attached hydrogen (secondary N) is 3. The van der Waals surface area contributed by atoms with Gasteiger partial charge in [-0.25, -0.2) is 9.59 Å². The van der Waals surface area contributed by atoms with Gasteiger partial charge >= 0.3 is 12.2 Å². The van der Waals surface area contributed by atoms with Crippen molar-refractivity contribution in [3.05, 3.63) is 41.1 Å². The highest BCUT2D eigenvalue weighted by Gasteiger charge is 2.42. The van der Waals surface area contributed by atoms with Crippen LogP contribution in [0.5, 0.6) is 0 Å². The molecule has 2 aliphatic rings. The molecule has 5 amide bonds. The number of piperidine rings is 1. The van der Waals surface area contributed by atoms with Crippen LogP contribution in [0.4, 0.5) is 9.59 Å². The molecular weight excluding hydrogens is 704 g/mol. The molecule has 0 radical (unpaired) electrons. The normalized spacial score (nSPS) is 20.3. The molecule has 0 spiro atoms. The van der Waals surface area contributed by atoms with Crippen LogP contribution in [0.2, 0.25) is 0 Å². The SMILES string of the molecule is CC(C)C[C@@H](CC[C@H](Cc1ccccc1)C(=O)N1CCC[C@H]1C(=O)N[C@@H](CCCNC(=O)OC1CC(C)(C)N([O-])C(C)(C)C1)C(N)=O)NC(=O)OC(C)(C)C. The first-order valence-electron chi connectivity index (χ1n) is 19.9. The van der Waals surface area contributed by atoms with E-state index in [1.165, 1.54) is 0 Å². The number of likely N-dealkylation sites (tertiary alicyclic amines) is 1. The molecule has 0 unspecified atom stereocenters. The van der Waals surface area contributed by atoms with Crippen LogP contribution in [-0.2, 0) is 30.3 Å². The molecule has 3 rings (SSSR count). The lowest BCUT2D eigenvalue weighted by Crippen LogP contribution is -2.59. The molecule has 310 valence electrons. The largest absolute Gasteiger partial charge is 0.784 e. The summed E-state index contributed by atoms with van der Waals surface area (Å²) in [6.45, 7) is 17.5. The van der Waals surface area contributed by atoms with E-state index in [2.05, 4.69) is 29.8 Å². The Labute approximate surface area is 327 Å². The fraction of sp³-hybridized carbons (Fsp3) is 0.732. The summed E-state index contributed by atoms with van der Waals surface area (Å²) in [7, 11) is 0. The van der Waals surface area contributed by atoms with Crippen LogP contribution in [-0.4, -0.2) is 93.9 Å². The predicted molar refractivity (Wildman–Crippen MR) is 211 cm³/mol. The first-order chi connectivity index (χ1) is 25.6. The fourth-order valence-corrected chi connectivity index (χ4v) is 7.94. The van der Waals surface area contributed by atoms with Gasteiger partial charge in [0.15, 0.2) is 0 Å². The lowest BCUT2D eigenvalue weighted by molar-refractivity contribution is -0.142. The van der Waals surface area contributed by atoms with Gasteiger partial charge in [-0.15, -0.1) is 0 Å². The lowest BCUT2D eigenvalue weighted by Gasteiger charge is -2.59. The molecule has 2 heterocycles. The van der Waals surface area contributed by atoms with Crippen molar-refractivity contribution < 1.29 is 33.4 Å². The number of hydrogen-bond donors (Lipinski definition) is 4. The standard InChI is InChI=1S/C41H67N6O8/c1-27(2)23-30(44-38(52)55-39(3,4)5)20-19-29(24-28-15-11-10-12-16-28)36(50)46-22-14-18-33(46)35(49)45-32(34(42)48)17-13-21-43-37(51)54-31-25-40(6,7)47(53)41(8,9)26-31/h10-12,15-16,27,29-33H,13-14,17-26H2,1-9H3,(H2,42,48)(H,43,51)(H,44,52)(H,45,49)/q-1/t29-,30-,32+,33+/m1/s1. The van der Waals surface area contributed by atoms with E-state index in [9.17, 15) is 29.2 Å². The van der Waals surface area contributed by atoms with Crippen molar-refractivity contribution in [1.29, 1.82) is 0 Å². The number of ether oxygens (including phenoxy) is 2. The number of alkyl carbamates (subject to hydrolysis) is 2. The van der Waals surface area contributed by atoms with E-state index in [0.717, 1.165) is 10.6 Å². The maximum absolute atomic E-state index is 14.3. The van der Waals surface area contributed by atoms with E-state index in [0.29, 0.717) is 70.3 Å². The Bertz CT molecular complexity index is 1430. The summed E-state index contributed by atoms with van der Waals surface area (Å²) in [4.78, 5) is 67.3. The van der Waals surface area contributed by atoms with Gasteiger partial charge in [0.05, 0.1) is 0 Å². The molecule has 2 aliphatic heterocycles. The molecule has 2 fully saturated rings. The summed E-state index contributed by atoms with van der Waals surface area (Å²) in [5, 5.41) is 22.2. The second-order valence-electron chi connectivity index (χ2n) is 18.0. The summed E-state index contributed by atoms with van der Waals surface area (Å²) in [6, 6.07) is 7.76. The van der Waals surface area contributed by atoms with E-state index in [-0.39, 0.29) is 24.9 Å². The average Bonchev–Trinajstić information content (AvgIpc) is 3.56. The van der Waals surface area contributed by atoms with Crippen LogP contribution in [0, 0.1) is 17.0 Å². The van der Waals surface area contributed by atoms with Crippen LogP contribution in [0.1, 0.15) is 126 Å². The summed E-state index contributed by atoms with van der Waals surface area (Å²) in [5.74, 6) is -1.45. The molecule has 14 heteroatoms. The smallest absolute Gasteiger partial charge is 0.407 e. The van der Waals surface area contributed by atoms with E-state index in [1.54, 1.807) is 4.90 Å². The zero-order valence-electron chi connectivity index (χ0n) is 34.6. The first kappa shape index (κ1) is 45.5. The lowest BCUT2D eigenvalue weighted by atomic mass is 9.80. The summed E-state index contributed by atoms with van der Waals surface area (Å²) >= 11 is 0. The maximum atomic E-state index is 14.3. The van der Waals surface area contributed by atoms with Crippen LogP contribution in [0.3, 0.4) is 0 Å². The fourth-order valence-electron chi connectivity index (χ4n) is 7.94. The third-order valence-corrected chi connectivity index (χ3v) is 10.3. The molecule has 1 aromatic rings. The highest BCUT2D eigenvalue weighted by atomic mass is 16.6. The van der Waals surface area contributed by atoms with Crippen molar-refractivity contribution in [2.75, 3.05) is 13.1 Å². The number of amides is 5. The number of benzene rings is 1. The second kappa shape index (κ2) is 19.8. The van der Waals surface area contributed by atoms with E-state index >= 15 is 0 Å². The number of primary amides is 1. The summed E-state index contributed by atoms with van der Waals surface area (Å²) < 4.78 is 11.1. The molecule has 1 aromatic carbocycles. The van der Waals surface area contributed by atoms with Crippen molar-refractivity contribution in [2.24, 2.45) is 17.6 Å². The van der Waals surface area contributed by atoms with Gasteiger partial charge in [-0.1, -0.05) is 44.2 Å². The third kappa shape index (κ3) is 14.6. The highest BCUT2D eigenvalue weighted by Crippen LogP contribution is 2.38. The Balaban J connectivity index is 1.61. The van der Waals surface area contributed by atoms with Gasteiger partial charge in [-0.05, 0) is 111 Å². The maximum Gasteiger partial charge on any atom is 0.407 e. The number of hydroxylamine groups is 2. The predicted octanol–water partition coefficient (Wildman–Crippen LogP) is 5.55. The molecule has 4 atom stereocenters. The molecule has 2 saturated heterocycles. The van der Waals surface area contributed by atoms with Crippen LogP contribution in [0.15, 0.2) is 30.3 Å². The minimum atomic E-state index is -0.998. The zero-order valence-corrected chi connectivity index (χ0v) is 34.6. The van der Waals surface area contributed by atoms with Crippen molar-refractivity contribution in [3.63, 3.8) is 0 Å². The van der Waals surface area contributed by atoms with E-state index < -0.39 is 64.8 Å². The van der Waals surface area contributed by atoms with Crippen molar-refractivity contribution in [1.82, 2.24) is 25.9 Å². The van der Waals surface area contributed by atoms with Crippen LogP contribution >= 0.6 is 0 Å². The number of carbonyl (C=O) groups excluding carboxylic acids is 5. The van der Waals surface area contributed by atoms with E-state index in [1.807, 2.05) is 78.8 Å². The van der Waals surface area contributed by atoms with Crippen molar-refractivity contribution >= 4 is 29.9 Å². The molecular formula is C41H67N6O8-. The number of rotatable bonds is 17. The Morgan fingerprint density at radius 2 is 1.58 bits per heavy atom. The quantitative estimate of drug-likeness (QED) is 0.147. The van der Waals surface area contributed by atoms with Gasteiger partial charge in [-0.2, -0.15) is 0 Å². The molecule has 0 saturated carbocycles. The van der Waals surface area contributed by atoms with Gasteiger partial charge in [-0.3, -0.25) is 14.4 Å². The van der Waals surface area contributed by atoms with Crippen molar-refractivity contribution in [2.45, 2.75) is 167 Å². The van der Waals surface area contributed by atoms with Gasteiger partial charge in [0.1, 0.15) is 23.8 Å². The number of hydrogen-bond acceptors (Lipinski definition) is 9. The molecule has 0 aromatic heterocycles. The molecule has 0 bridgehead atoms. The van der Waals surface area contributed by atoms with Gasteiger partial charge in [0, 0.05) is 49.0 Å². The van der Waals surface area contributed by atoms with E-state index in [4.69, 9.17) is 15.2 Å². The Morgan fingerprint density at radius 1 is 0.945 bits per heavy atom. The van der Waals surface area contributed by atoms with Crippen LogP contribution in [0.25, 0.3) is 0 Å². The summed E-state index contributed by atoms with van der Waals surface area (Å²) in [6.07, 6.45) is 3.08. The minimum absolute atomic E-state index is 0.145. The number of nitrogens with zero attached hydrogens (tertiary/aromatic N) is 2. The first-order valence-corrected chi connectivity index (χ1v) is 19.9. The Hall–Kier alpha value is -3.91. The third-order valence-electron chi connectivity index (χ3n) is 10.3. The zero-order chi connectivity index (χ0) is 41.1. The molecule has 55 heavy (non-hydrogen) atoms. The highest BCUT2D eigenvalue weighted by molar-refractivity contribution is 5.92. The topological polar surface area (TPSA) is 195 Å². The molecule has 0 aliphatic carbocycles. The van der Waals surface area contributed by atoms with Crippen LogP contribution < -0.4 is 21.7 Å². The minimum Gasteiger partial charge on any atom is -0.784 e. The Kier molecular flexibility index (Phi) is 16.4. The van der Waals surface area contributed by atoms with Gasteiger partial charge < -0.3 is 46.3 Å². The number of nitrogens with two attached hydrogens (primary N) is 1. The average molecular weight is 772 g/mol. The molecule has 14 nitrogen and oxygen atoms in total. The summed E-state index contributed by atoms with van der Waals surface area (Å²) in [5.41, 5.74) is 4.68. The monoisotopic (exact) mass is 772 g/mol. The second-order valence-corrected chi connectivity index (χ2v) is 18.0. The van der Waals surface area contributed by atoms with Gasteiger partial charge in [0.25, 0.3) is 0 Å².